The van der Waals surface area contributed by atoms with Crippen LogP contribution in [0.3, 0.4) is 0 Å². The molecule has 8 nitrogen and oxygen atoms in total. The number of carbonyl (C=O) groups excluding carboxylic acids is 2. The molecule has 10 heteroatoms. The molecule has 0 aliphatic carbocycles. The van der Waals surface area contributed by atoms with E-state index < -0.39 is 22.6 Å². The number of rotatable bonds is 6. The fourth-order valence-corrected chi connectivity index (χ4v) is 2.27. The van der Waals surface area contributed by atoms with Gasteiger partial charge in [-0.25, -0.2) is 9.82 Å². The molecule has 0 saturated carbocycles. The summed E-state index contributed by atoms with van der Waals surface area (Å²) in [6, 6.07) is 8.77. The molecule has 2 N–H and O–H groups in total. The van der Waals surface area contributed by atoms with E-state index in [0.29, 0.717) is 11.4 Å². The molecular weight excluding hydrogens is 379 g/mol. The van der Waals surface area contributed by atoms with E-state index in [1.54, 1.807) is 0 Å². The van der Waals surface area contributed by atoms with E-state index in [1.807, 2.05) is 0 Å². The molecule has 0 fully saturated rings. The molecule has 0 aromatic heterocycles. The number of anilines is 1. The molecule has 0 radical (unpaired) electrons. The molecule has 0 spiro atoms. The molecule has 0 heterocycles. The van der Waals surface area contributed by atoms with E-state index in [4.69, 9.17) is 11.6 Å². The summed E-state index contributed by atoms with van der Waals surface area (Å²) in [6.45, 7) is 1.54. The van der Waals surface area contributed by atoms with Crippen LogP contribution in [0.5, 0.6) is 0 Å². The Bertz CT molecular complexity index is 916. The molecule has 0 saturated heterocycles. The topological polar surface area (TPSA) is 114 Å². The van der Waals surface area contributed by atoms with Crippen molar-refractivity contribution in [2.75, 3.05) is 5.32 Å². The third-order valence-electron chi connectivity index (χ3n) is 3.30. The van der Waals surface area contributed by atoms with Crippen molar-refractivity contribution in [2.24, 2.45) is 5.10 Å². The zero-order valence-corrected chi connectivity index (χ0v) is 14.8. The number of nitrogens with one attached hydrogen (secondary N) is 2. The third-order valence-corrected chi connectivity index (χ3v) is 3.60. The monoisotopic (exact) mass is 392 g/mol. The highest BCUT2D eigenvalue weighted by Gasteiger charge is 2.15. The Balaban J connectivity index is 1.93. The molecule has 0 atom stereocenters. The number of nitro benzene ring substituents is 1. The van der Waals surface area contributed by atoms with Gasteiger partial charge < -0.3 is 5.32 Å². The SMILES string of the molecule is C/C(CC(=O)Nc1ccc(F)cc1)=N\NC(=O)c1ccc([N+](=O)[O-])c(Cl)c1. The van der Waals surface area contributed by atoms with Crippen molar-refractivity contribution in [3.8, 4) is 0 Å². The highest BCUT2D eigenvalue weighted by atomic mass is 35.5. The Labute approximate surface area is 158 Å². The number of hydrogen-bond acceptors (Lipinski definition) is 5. The molecule has 0 aliphatic heterocycles. The quantitative estimate of drug-likeness (QED) is 0.444. The van der Waals surface area contributed by atoms with Crippen LogP contribution in [-0.2, 0) is 4.79 Å². The van der Waals surface area contributed by atoms with Crippen molar-refractivity contribution in [3.05, 3.63) is 69.0 Å². The lowest BCUT2D eigenvalue weighted by Gasteiger charge is -2.06. The van der Waals surface area contributed by atoms with Crippen LogP contribution in [0.15, 0.2) is 47.6 Å². The fourth-order valence-electron chi connectivity index (χ4n) is 2.02. The van der Waals surface area contributed by atoms with Crippen molar-refractivity contribution in [1.29, 1.82) is 0 Å². The summed E-state index contributed by atoms with van der Waals surface area (Å²) in [5.74, 6) is -1.44. The smallest absolute Gasteiger partial charge is 0.287 e. The largest absolute Gasteiger partial charge is 0.326 e. The Morgan fingerprint density at radius 3 is 2.48 bits per heavy atom. The normalized spacial score (nSPS) is 11.0. The van der Waals surface area contributed by atoms with Crippen LogP contribution in [0.25, 0.3) is 0 Å². The first kappa shape index (κ1) is 20.0. The summed E-state index contributed by atoms with van der Waals surface area (Å²) in [4.78, 5) is 33.9. The lowest BCUT2D eigenvalue weighted by molar-refractivity contribution is -0.384. The van der Waals surface area contributed by atoms with E-state index in [0.717, 1.165) is 12.1 Å². The molecule has 2 rings (SSSR count). The predicted octanol–water partition coefficient (Wildman–Crippen LogP) is 3.52. The van der Waals surface area contributed by atoms with Gasteiger partial charge in [-0.3, -0.25) is 19.7 Å². The molecule has 0 unspecified atom stereocenters. The molecule has 2 amide bonds. The Hall–Kier alpha value is -3.33. The molecule has 140 valence electrons. The first-order valence-corrected chi connectivity index (χ1v) is 7.97. The summed E-state index contributed by atoms with van der Waals surface area (Å²) in [5, 5.41) is 16.9. The van der Waals surface area contributed by atoms with E-state index in [2.05, 4.69) is 15.8 Å². The van der Waals surface area contributed by atoms with Crippen molar-refractivity contribution in [2.45, 2.75) is 13.3 Å². The maximum absolute atomic E-state index is 12.8. The van der Waals surface area contributed by atoms with Crippen molar-refractivity contribution < 1.29 is 18.9 Å². The number of hydrazone groups is 1. The Morgan fingerprint density at radius 2 is 1.89 bits per heavy atom. The summed E-state index contributed by atoms with van der Waals surface area (Å²) >= 11 is 5.75. The highest BCUT2D eigenvalue weighted by molar-refractivity contribution is 6.33. The summed E-state index contributed by atoms with van der Waals surface area (Å²) in [6.07, 6.45) is -0.0985. The number of nitrogens with zero attached hydrogens (tertiary/aromatic N) is 2. The number of hydrogen-bond donors (Lipinski definition) is 2. The van der Waals surface area contributed by atoms with Gasteiger partial charge in [-0.05, 0) is 43.3 Å². The van der Waals surface area contributed by atoms with Crippen LogP contribution in [0.2, 0.25) is 5.02 Å². The van der Waals surface area contributed by atoms with Crippen LogP contribution >= 0.6 is 11.6 Å². The predicted molar refractivity (Wildman–Crippen MR) is 98.3 cm³/mol. The average Bonchev–Trinajstić information content (AvgIpc) is 2.61. The maximum atomic E-state index is 12.8. The minimum absolute atomic E-state index is 0.0814. The highest BCUT2D eigenvalue weighted by Crippen LogP contribution is 2.24. The van der Waals surface area contributed by atoms with E-state index >= 15 is 0 Å². The first-order valence-electron chi connectivity index (χ1n) is 7.59. The van der Waals surface area contributed by atoms with Gasteiger partial charge in [0.05, 0.1) is 11.3 Å². The van der Waals surface area contributed by atoms with Gasteiger partial charge in [-0.1, -0.05) is 11.6 Å². The summed E-state index contributed by atoms with van der Waals surface area (Å²) in [5.41, 5.74) is 2.75. The molecule has 27 heavy (non-hydrogen) atoms. The van der Waals surface area contributed by atoms with Gasteiger partial charge in [0.25, 0.3) is 11.6 Å². The number of benzene rings is 2. The molecule has 0 aliphatic rings. The second kappa shape index (κ2) is 8.86. The second-order valence-corrected chi connectivity index (χ2v) is 5.85. The van der Waals surface area contributed by atoms with Gasteiger partial charge in [0, 0.05) is 23.0 Å². The maximum Gasteiger partial charge on any atom is 0.287 e. The molecular formula is C17H14ClFN4O4. The standard InChI is InChI=1S/C17H14ClFN4O4/c1-10(8-16(24)20-13-5-3-12(19)4-6-13)21-22-17(25)11-2-7-15(23(26)27)14(18)9-11/h2-7,9H,8H2,1H3,(H,20,24)(H,22,25)/b21-10+. The average molecular weight is 393 g/mol. The van der Waals surface area contributed by atoms with Crippen LogP contribution in [0.1, 0.15) is 23.7 Å². The van der Waals surface area contributed by atoms with Crippen molar-refractivity contribution in [3.63, 3.8) is 0 Å². The minimum Gasteiger partial charge on any atom is -0.326 e. The van der Waals surface area contributed by atoms with Gasteiger partial charge in [0.1, 0.15) is 10.8 Å². The third kappa shape index (κ3) is 5.86. The van der Waals surface area contributed by atoms with E-state index in [1.165, 1.54) is 37.3 Å². The van der Waals surface area contributed by atoms with Crippen molar-refractivity contribution >= 4 is 40.5 Å². The molecule has 2 aromatic carbocycles. The van der Waals surface area contributed by atoms with Gasteiger partial charge in [-0.2, -0.15) is 5.10 Å². The van der Waals surface area contributed by atoms with Gasteiger partial charge in [-0.15, -0.1) is 0 Å². The lowest BCUT2D eigenvalue weighted by Crippen LogP contribution is -2.21. The number of carbonyl (C=O) groups is 2. The number of nitro groups is 1. The first-order chi connectivity index (χ1) is 12.8. The van der Waals surface area contributed by atoms with Crippen LogP contribution in [0.4, 0.5) is 15.8 Å². The van der Waals surface area contributed by atoms with Crippen molar-refractivity contribution in [1.82, 2.24) is 5.43 Å². The van der Waals surface area contributed by atoms with Crippen LogP contribution < -0.4 is 10.7 Å². The number of amides is 2. The zero-order valence-electron chi connectivity index (χ0n) is 14.0. The van der Waals surface area contributed by atoms with E-state index in [9.17, 15) is 24.1 Å². The Kier molecular flexibility index (Phi) is 6.56. The zero-order chi connectivity index (χ0) is 20.0. The Morgan fingerprint density at radius 1 is 1.22 bits per heavy atom. The van der Waals surface area contributed by atoms with Crippen LogP contribution in [-0.4, -0.2) is 22.4 Å². The lowest BCUT2D eigenvalue weighted by atomic mass is 10.2. The number of halogens is 2. The fraction of sp³-hybridized carbons (Fsp3) is 0.118. The molecule has 2 aromatic rings. The molecule has 0 bridgehead atoms. The summed E-state index contributed by atoms with van der Waals surface area (Å²) < 4.78 is 12.8. The second-order valence-electron chi connectivity index (χ2n) is 5.44. The van der Waals surface area contributed by atoms with Gasteiger partial charge in [0.15, 0.2) is 0 Å². The van der Waals surface area contributed by atoms with Gasteiger partial charge >= 0.3 is 0 Å². The summed E-state index contributed by atoms with van der Waals surface area (Å²) in [7, 11) is 0. The minimum atomic E-state index is -0.661. The van der Waals surface area contributed by atoms with Crippen LogP contribution in [0, 0.1) is 15.9 Å². The van der Waals surface area contributed by atoms with Gasteiger partial charge in [0.2, 0.25) is 5.91 Å². The van der Waals surface area contributed by atoms with E-state index in [-0.39, 0.29) is 22.7 Å².